The summed E-state index contributed by atoms with van der Waals surface area (Å²) in [6, 6.07) is 4.04. The largest absolute Gasteiger partial charge is 0.317 e. The third-order valence-electron chi connectivity index (χ3n) is 3.44. The van der Waals surface area contributed by atoms with Gasteiger partial charge in [0.1, 0.15) is 5.01 Å². The second-order valence-corrected chi connectivity index (χ2v) is 5.64. The van der Waals surface area contributed by atoms with Crippen LogP contribution in [0, 0.1) is 5.92 Å². The first kappa shape index (κ1) is 11.8. The van der Waals surface area contributed by atoms with Gasteiger partial charge in [0.15, 0.2) is 0 Å². The van der Waals surface area contributed by atoms with Crippen molar-refractivity contribution >= 4 is 11.3 Å². The molecule has 0 saturated carbocycles. The Kier molecular flexibility index (Phi) is 3.67. The van der Waals surface area contributed by atoms with E-state index in [1.807, 2.05) is 24.5 Å². The molecule has 2 aromatic rings. The molecule has 0 aliphatic carbocycles. The fourth-order valence-electron chi connectivity index (χ4n) is 2.41. The van der Waals surface area contributed by atoms with Gasteiger partial charge < -0.3 is 5.32 Å². The smallest absolute Gasteiger partial charge is 0.123 e. The molecule has 0 unspecified atom stereocenters. The number of rotatable bonds is 3. The lowest BCUT2D eigenvalue weighted by molar-refractivity contribution is 0.370. The molecule has 1 aliphatic rings. The quantitative estimate of drug-likeness (QED) is 0.921. The van der Waals surface area contributed by atoms with Gasteiger partial charge in [-0.2, -0.15) is 0 Å². The number of aromatic nitrogens is 2. The van der Waals surface area contributed by atoms with Crippen LogP contribution < -0.4 is 5.32 Å². The summed E-state index contributed by atoms with van der Waals surface area (Å²) in [6.45, 7) is 2.32. The zero-order chi connectivity index (χ0) is 12.2. The van der Waals surface area contributed by atoms with Crippen LogP contribution >= 0.6 is 11.3 Å². The van der Waals surface area contributed by atoms with Crippen LogP contribution in [0.5, 0.6) is 0 Å². The molecule has 1 saturated heterocycles. The van der Waals surface area contributed by atoms with Gasteiger partial charge in [-0.1, -0.05) is 0 Å². The van der Waals surface area contributed by atoms with Crippen LogP contribution in [0.3, 0.4) is 0 Å². The number of pyridine rings is 1. The van der Waals surface area contributed by atoms with Gasteiger partial charge in [-0.25, -0.2) is 4.98 Å². The molecule has 1 fully saturated rings. The summed E-state index contributed by atoms with van der Waals surface area (Å²) in [4.78, 5) is 8.79. The molecule has 4 heteroatoms. The predicted octanol–water partition coefficient (Wildman–Crippen LogP) is 2.75. The topological polar surface area (TPSA) is 37.8 Å². The minimum Gasteiger partial charge on any atom is -0.317 e. The molecule has 18 heavy (non-hydrogen) atoms. The molecule has 2 aromatic heterocycles. The van der Waals surface area contributed by atoms with Gasteiger partial charge in [-0.05, 0) is 50.4 Å². The van der Waals surface area contributed by atoms with E-state index in [0.29, 0.717) is 0 Å². The van der Waals surface area contributed by atoms with Gasteiger partial charge >= 0.3 is 0 Å². The lowest BCUT2D eigenvalue weighted by Gasteiger charge is -2.21. The molecule has 3 nitrogen and oxygen atoms in total. The second kappa shape index (κ2) is 5.59. The molecule has 0 atom stereocenters. The first-order chi connectivity index (χ1) is 8.92. The van der Waals surface area contributed by atoms with Crippen LogP contribution in [0.2, 0.25) is 0 Å². The molecule has 1 aliphatic heterocycles. The molecule has 0 aromatic carbocycles. The van der Waals surface area contributed by atoms with E-state index in [1.54, 1.807) is 11.3 Å². The maximum absolute atomic E-state index is 4.74. The van der Waals surface area contributed by atoms with Crippen molar-refractivity contribution in [3.63, 3.8) is 0 Å². The lowest BCUT2D eigenvalue weighted by Crippen LogP contribution is -2.28. The maximum atomic E-state index is 4.74. The van der Waals surface area contributed by atoms with E-state index >= 15 is 0 Å². The Morgan fingerprint density at radius 2 is 2.00 bits per heavy atom. The van der Waals surface area contributed by atoms with E-state index in [0.717, 1.165) is 30.4 Å². The molecule has 0 spiro atoms. The van der Waals surface area contributed by atoms with E-state index in [2.05, 4.69) is 15.7 Å². The highest BCUT2D eigenvalue weighted by Gasteiger charge is 2.15. The van der Waals surface area contributed by atoms with Gasteiger partial charge in [0.25, 0.3) is 0 Å². The van der Waals surface area contributed by atoms with Crippen molar-refractivity contribution in [2.75, 3.05) is 13.1 Å². The van der Waals surface area contributed by atoms with Gasteiger partial charge in [0, 0.05) is 23.3 Å². The Morgan fingerprint density at radius 1 is 1.22 bits per heavy atom. The zero-order valence-electron chi connectivity index (χ0n) is 10.3. The summed E-state index contributed by atoms with van der Waals surface area (Å²) in [5.41, 5.74) is 2.42. The van der Waals surface area contributed by atoms with E-state index in [-0.39, 0.29) is 0 Å². The maximum Gasteiger partial charge on any atom is 0.123 e. The molecule has 1 N–H and O–H groups in total. The molecule has 0 bridgehead atoms. The normalized spacial score (nSPS) is 16.9. The minimum absolute atomic E-state index is 0.804. The highest BCUT2D eigenvalue weighted by atomic mass is 32.1. The van der Waals surface area contributed by atoms with Crippen LogP contribution in [0.1, 0.15) is 18.5 Å². The van der Waals surface area contributed by atoms with Crippen LogP contribution in [0.25, 0.3) is 10.6 Å². The molecule has 0 amide bonds. The highest BCUT2D eigenvalue weighted by molar-refractivity contribution is 7.13. The third kappa shape index (κ3) is 2.76. The fraction of sp³-hybridized carbons (Fsp3) is 0.429. The number of nitrogens with one attached hydrogen (secondary N) is 1. The van der Waals surface area contributed by atoms with Gasteiger partial charge in [0.05, 0.1) is 5.69 Å². The number of hydrogen-bond donors (Lipinski definition) is 1. The Hall–Kier alpha value is -1.26. The Labute approximate surface area is 111 Å². The molecule has 94 valence electrons. The van der Waals surface area contributed by atoms with E-state index < -0.39 is 0 Å². The van der Waals surface area contributed by atoms with Crippen molar-refractivity contribution < 1.29 is 0 Å². The summed E-state index contributed by atoms with van der Waals surface area (Å²) in [5, 5.41) is 6.73. The summed E-state index contributed by atoms with van der Waals surface area (Å²) in [6.07, 6.45) is 7.33. The second-order valence-electron chi connectivity index (χ2n) is 4.78. The molecular formula is C14H17N3S. The van der Waals surface area contributed by atoms with E-state index in [9.17, 15) is 0 Å². The van der Waals surface area contributed by atoms with Crippen LogP contribution in [0.4, 0.5) is 0 Å². The molecule has 0 radical (unpaired) electrons. The summed E-state index contributed by atoms with van der Waals surface area (Å²) in [5.74, 6) is 0.804. The molecule has 3 heterocycles. The van der Waals surface area contributed by atoms with Crippen molar-refractivity contribution in [2.45, 2.75) is 19.3 Å². The number of piperidine rings is 1. The predicted molar refractivity (Wildman–Crippen MR) is 74.6 cm³/mol. The summed E-state index contributed by atoms with van der Waals surface area (Å²) in [7, 11) is 0. The Bertz CT molecular complexity index is 489. The van der Waals surface area contributed by atoms with Crippen molar-refractivity contribution in [3.05, 3.63) is 35.6 Å². The first-order valence-electron chi connectivity index (χ1n) is 6.47. The van der Waals surface area contributed by atoms with Gasteiger partial charge in [-0.3, -0.25) is 4.98 Å². The van der Waals surface area contributed by atoms with E-state index in [1.165, 1.54) is 24.1 Å². The lowest BCUT2D eigenvalue weighted by atomic mass is 9.93. The molecule has 3 rings (SSSR count). The van der Waals surface area contributed by atoms with Gasteiger partial charge in [-0.15, -0.1) is 11.3 Å². The standard InChI is InChI=1S/C14H17N3S/c1-5-15-6-2-11(1)9-13-10-18-14(17-13)12-3-7-16-8-4-12/h3-4,7-8,10-11,15H,1-2,5-6,9H2. The zero-order valence-corrected chi connectivity index (χ0v) is 11.1. The van der Waals surface area contributed by atoms with Crippen molar-refractivity contribution in [1.82, 2.24) is 15.3 Å². The average molecular weight is 259 g/mol. The van der Waals surface area contributed by atoms with Crippen LogP contribution in [-0.2, 0) is 6.42 Å². The van der Waals surface area contributed by atoms with Gasteiger partial charge in [0.2, 0.25) is 0 Å². The molecular weight excluding hydrogens is 242 g/mol. The SMILES string of the molecule is c1cc(-c2nc(CC3CCNCC3)cs2)ccn1. The number of hydrogen-bond acceptors (Lipinski definition) is 4. The van der Waals surface area contributed by atoms with Crippen molar-refractivity contribution in [2.24, 2.45) is 5.92 Å². The van der Waals surface area contributed by atoms with Crippen LogP contribution in [-0.4, -0.2) is 23.1 Å². The summed E-state index contributed by atoms with van der Waals surface area (Å²) >= 11 is 1.74. The van der Waals surface area contributed by atoms with Crippen LogP contribution in [0.15, 0.2) is 29.9 Å². The fourth-order valence-corrected chi connectivity index (χ4v) is 3.25. The van der Waals surface area contributed by atoms with Crippen molar-refractivity contribution in [1.29, 1.82) is 0 Å². The first-order valence-corrected chi connectivity index (χ1v) is 7.35. The monoisotopic (exact) mass is 259 g/mol. The Balaban J connectivity index is 1.69. The number of nitrogens with zero attached hydrogens (tertiary/aromatic N) is 2. The summed E-state index contributed by atoms with van der Waals surface area (Å²) < 4.78 is 0. The third-order valence-corrected chi connectivity index (χ3v) is 4.38. The number of thiazole rings is 1. The van der Waals surface area contributed by atoms with E-state index in [4.69, 9.17) is 4.98 Å². The Morgan fingerprint density at radius 3 is 2.78 bits per heavy atom. The minimum atomic E-state index is 0.804. The average Bonchev–Trinajstić information content (AvgIpc) is 2.89. The van der Waals surface area contributed by atoms with Crippen molar-refractivity contribution in [3.8, 4) is 10.6 Å². The highest BCUT2D eigenvalue weighted by Crippen LogP contribution is 2.25.